The van der Waals surface area contributed by atoms with Crippen LogP contribution in [-0.4, -0.2) is 4.98 Å². The summed E-state index contributed by atoms with van der Waals surface area (Å²) in [5.74, 6) is 0.860. The molecule has 1 N–H and O–H groups in total. The van der Waals surface area contributed by atoms with Gasteiger partial charge in [0, 0.05) is 26.2 Å². The summed E-state index contributed by atoms with van der Waals surface area (Å²) in [6.45, 7) is 0. The third kappa shape index (κ3) is 2.99. The van der Waals surface area contributed by atoms with Gasteiger partial charge in [0.25, 0.3) is 0 Å². The minimum atomic E-state index is 0.804. The minimum Gasteiger partial charge on any atom is -0.350 e. The topological polar surface area (TPSA) is 15.8 Å². The molecule has 0 amide bonds. The summed E-state index contributed by atoms with van der Waals surface area (Å²) in [5.41, 5.74) is 2.32. The highest BCUT2D eigenvalue weighted by atomic mass is 79.9. The van der Waals surface area contributed by atoms with Crippen molar-refractivity contribution in [2.24, 2.45) is 0 Å². The van der Waals surface area contributed by atoms with E-state index < -0.39 is 0 Å². The second-order valence-electron chi connectivity index (χ2n) is 4.25. The van der Waals surface area contributed by atoms with E-state index in [1.54, 1.807) is 11.8 Å². The van der Waals surface area contributed by atoms with E-state index in [2.05, 4.69) is 51.2 Å². The molecular weight excluding hydrogens is 342 g/mol. The lowest BCUT2D eigenvalue weighted by Crippen LogP contribution is -1.82. The van der Waals surface area contributed by atoms with Gasteiger partial charge in [-0.05, 0) is 29.8 Å². The van der Waals surface area contributed by atoms with Gasteiger partial charge in [0.15, 0.2) is 0 Å². The van der Waals surface area contributed by atoms with Crippen LogP contribution in [0.3, 0.4) is 0 Å². The maximum atomic E-state index is 6.22. The SMILES string of the molecule is Clc1cc(Br)ccc1CSc1cc2ccccc2[nH]1. The molecule has 0 bridgehead atoms. The fourth-order valence-electron chi connectivity index (χ4n) is 1.92. The second kappa shape index (κ2) is 5.61. The lowest BCUT2D eigenvalue weighted by molar-refractivity contribution is 1.23. The Morgan fingerprint density at radius 2 is 1.95 bits per heavy atom. The van der Waals surface area contributed by atoms with Crippen LogP contribution in [0.15, 0.2) is 58.0 Å². The van der Waals surface area contributed by atoms with Crippen molar-refractivity contribution in [3.05, 3.63) is 63.6 Å². The molecule has 0 fully saturated rings. The zero-order chi connectivity index (χ0) is 13.2. The van der Waals surface area contributed by atoms with Crippen molar-refractivity contribution in [3.63, 3.8) is 0 Å². The Hall–Kier alpha value is -0.900. The van der Waals surface area contributed by atoms with E-state index in [4.69, 9.17) is 11.6 Å². The predicted octanol–water partition coefficient (Wildman–Crippen LogP) is 5.88. The first-order valence-electron chi connectivity index (χ1n) is 5.87. The van der Waals surface area contributed by atoms with Gasteiger partial charge in [0.05, 0.1) is 5.03 Å². The van der Waals surface area contributed by atoms with Crippen molar-refractivity contribution in [2.45, 2.75) is 10.8 Å². The summed E-state index contributed by atoms with van der Waals surface area (Å²) < 4.78 is 1.01. The quantitative estimate of drug-likeness (QED) is 0.582. The average Bonchev–Trinajstić information content (AvgIpc) is 2.80. The number of aromatic amines is 1. The van der Waals surface area contributed by atoms with E-state index in [9.17, 15) is 0 Å². The van der Waals surface area contributed by atoms with Crippen LogP contribution in [0, 0.1) is 0 Å². The van der Waals surface area contributed by atoms with Gasteiger partial charge in [0.2, 0.25) is 0 Å². The fraction of sp³-hybridized carbons (Fsp3) is 0.0667. The molecule has 1 heterocycles. The van der Waals surface area contributed by atoms with Crippen LogP contribution in [0.25, 0.3) is 10.9 Å². The first-order valence-corrected chi connectivity index (χ1v) is 8.02. The molecule has 4 heteroatoms. The number of hydrogen-bond donors (Lipinski definition) is 1. The molecule has 96 valence electrons. The Balaban J connectivity index is 1.78. The minimum absolute atomic E-state index is 0.804. The number of para-hydroxylation sites is 1. The lowest BCUT2D eigenvalue weighted by Gasteiger charge is -2.03. The molecule has 0 saturated heterocycles. The molecule has 1 nitrogen and oxygen atoms in total. The van der Waals surface area contributed by atoms with Crippen LogP contribution in [-0.2, 0) is 5.75 Å². The summed E-state index contributed by atoms with van der Waals surface area (Å²) in [4.78, 5) is 3.41. The van der Waals surface area contributed by atoms with Gasteiger partial charge in [0.1, 0.15) is 0 Å². The highest BCUT2D eigenvalue weighted by molar-refractivity contribution is 9.10. The van der Waals surface area contributed by atoms with Gasteiger partial charge >= 0.3 is 0 Å². The van der Waals surface area contributed by atoms with Crippen molar-refractivity contribution in [1.29, 1.82) is 0 Å². The first kappa shape index (κ1) is 13.1. The molecule has 0 aliphatic rings. The Morgan fingerprint density at radius 1 is 1.11 bits per heavy atom. The molecule has 3 rings (SSSR count). The molecule has 0 spiro atoms. The molecule has 19 heavy (non-hydrogen) atoms. The third-order valence-electron chi connectivity index (χ3n) is 2.90. The Labute approximate surface area is 129 Å². The van der Waals surface area contributed by atoms with E-state index in [1.165, 1.54) is 15.9 Å². The van der Waals surface area contributed by atoms with Crippen LogP contribution in [0.2, 0.25) is 5.02 Å². The summed E-state index contributed by atoms with van der Waals surface area (Å²) in [7, 11) is 0. The molecule has 3 aromatic rings. The number of thioether (sulfide) groups is 1. The van der Waals surface area contributed by atoms with Crippen LogP contribution < -0.4 is 0 Å². The number of aromatic nitrogens is 1. The van der Waals surface area contributed by atoms with Gasteiger partial charge in [-0.25, -0.2) is 0 Å². The number of hydrogen-bond acceptors (Lipinski definition) is 1. The van der Waals surface area contributed by atoms with E-state index in [0.29, 0.717) is 0 Å². The summed E-state index contributed by atoms with van der Waals surface area (Å²) in [6, 6.07) is 16.5. The fourth-order valence-corrected chi connectivity index (χ4v) is 3.69. The average molecular weight is 353 g/mol. The second-order valence-corrected chi connectivity index (χ2v) is 6.59. The molecule has 0 atom stereocenters. The molecule has 2 aromatic carbocycles. The van der Waals surface area contributed by atoms with Gasteiger partial charge in [-0.15, -0.1) is 11.8 Å². The lowest BCUT2D eigenvalue weighted by atomic mass is 10.2. The van der Waals surface area contributed by atoms with Crippen molar-refractivity contribution >= 4 is 50.2 Å². The van der Waals surface area contributed by atoms with E-state index in [1.807, 2.05) is 18.2 Å². The number of H-pyrrole nitrogens is 1. The van der Waals surface area contributed by atoms with Gasteiger partial charge in [-0.1, -0.05) is 51.8 Å². The monoisotopic (exact) mass is 351 g/mol. The Kier molecular flexibility index (Phi) is 3.87. The van der Waals surface area contributed by atoms with Crippen molar-refractivity contribution in [1.82, 2.24) is 4.98 Å². The first-order chi connectivity index (χ1) is 9.22. The summed E-state index contributed by atoms with van der Waals surface area (Å²) >= 11 is 11.4. The summed E-state index contributed by atoms with van der Waals surface area (Å²) in [6.07, 6.45) is 0. The third-order valence-corrected chi connectivity index (χ3v) is 4.73. The van der Waals surface area contributed by atoms with Crippen LogP contribution in [0.1, 0.15) is 5.56 Å². The molecule has 0 aliphatic carbocycles. The molecule has 0 unspecified atom stereocenters. The summed E-state index contributed by atoms with van der Waals surface area (Å²) in [5, 5.41) is 3.21. The maximum Gasteiger partial charge on any atom is 0.0735 e. The Bertz CT molecular complexity index is 690. The number of benzene rings is 2. The molecular formula is C15H11BrClNS. The van der Waals surface area contributed by atoms with Crippen LogP contribution in [0.5, 0.6) is 0 Å². The van der Waals surface area contributed by atoms with Crippen molar-refractivity contribution in [2.75, 3.05) is 0 Å². The van der Waals surface area contributed by atoms with Gasteiger partial charge in [-0.3, -0.25) is 0 Å². The zero-order valence-electron chi connectivity index (χ0n) is 9.99. The van der Waals surface area contributed by atoms with Crippen molar-refractivity contribution < 1.29 is 0 Å². The molecule has 0 aliphatic heterocycles. The standard InChI is InChI=1S/C15H11BrClNS/c16-12-6-5-11(13(17)8-12)9-19-15-7-10-3-1-2-4-14(10)18-15/h1-8,18H,9H2. The van der Waals surface area contributed by atoms with Crippen LogP contribution >= 0.6 is 39.3 Å². The highest BCUT2D eigenvalue weighted by Gasteiger charge is 2.04. The van der Waals surface area contributed by atoms with E-state index in [-0.39, 0.29) is 0 Å². The van der Waals surface area contributed by atoms with Crippen molar-refractivity contribution in [3.8, 4) is 0 Å². The van der Waals surface area contributed by atoms with E-state index >= 15 is 0 Å². The smallest absolute Gasteiger partial charge is 0.0735 e. The largest absolute Gasteiger partial charge is 0.350 e. The molecule has 0 radical (unpaired) electrons. The maximum absolute atomic E-state index is 6.22. The van der Waals surface area contributed by atoms with E-state index in [0.717, 1.165) is 20.8 Å². The number of rotatable bonds is 3. The van der Waals surface area contributed by atoms with Gasteiger partial charge in [-0.2, -0.15) is 0 Å². The van der Waals surface area contributed by atoms with Crippen LogP contribution in [0.4, 0.5) is 0 Å². The van der Waals surface area contributed by atoms with Gasteiger partial charge < -0.3 is 4.98 Å². The zero-order valence-corrected chi connectivity index (χ0v) is 13.1. The number of fused-ring (bicyclic) bond motifs is 1. The predicted molar refractivity (Wildman–Crippen MR) is 87.0 cm³/mol. The molecule has 0 saturated carbocycles. The Morgan fingerprint density at radius 3 is 2.74 bits per heavy atom. The normalized spacial score (nSPS) is 11.1. The molecule has 1 aromatic heterocycles. The number of halogens is 2. The number of nitrogens with one attached hydrogen (secondary N) is 1. The highest BCUT2D eigenvalue weighted by Crippen LogP contribution is 2.30.